The first kappa shape index (κ1) is 31.3. The van der Waals surface area contributed by atoms with Crippen LogP contribution < -0.4 is 0 Å². The highest BCUT2D eigenvalue weighted by Crippen LogP contribution is 2.24. The van der Waals surface area contributed by atoms with E-state index in [1.54, 1.807) is 0 Å². The molecule has 220 valence electrons. The second-order valence-corrected chi connectivity index (χ2v) is 10.1. The van der Waals surface area contributed by atoms with Crippen molar-refractivity contribution >= 4 is 0 Å². The summed E-state index contributed by atoms with van der Waals surface area (Å²) in [5.74, 6) is 0. The largest absolute Gasteiger partial charge is 0.388 e. The molecule has 42 heavy (non-hydrogen) atoms. The maximum absolute atomic E-state index is 11.5. The van der Waals surface area contributed by atoms with Crippen molar-refractivity contribution < 1.29 is 29.2 Å². The van der Waals surface area contributed by atoms with Gasteiger partial charge in [-0.05, 0) is 22.3 Å². The molecule has 0 radical (unpaired) electrons. The minimum absolute atomic E-state index is 0.00482. The van der Waals surface area contributed by atoms with E-state index in [-0.39, 0.29) is 26.4 Å². The summed E-state index contributed by atoms with van der Waals surface area (Å²) in [5, 5.41) is 22.6. The summed E-state index contributed by atoms with van der Waals surface area (Å²) in [5.41, 5.74) is 3.81. The quantitative estimate of drug-likeness (QED) is 0.146. The third-order valence-electron chi connectivity index (χ3n) is 6.86. The van der Waals surface area contributed by atoms with Crippen LogP contribution in [0.3, 0.4) is 0 Å². The van der Waals surface area contributed by atoms with E-state index in [1.165, 1.54) is 6.08 Å². The molecule has 0 aliphatic heterocycles. The monoisotopic (exact) mass is 568 g/mol. The molecule has 0 aromatic heterocycles. The number of ether oxygens (including phenoxy) is 4. The van der Waals surface area contributed by atoms with E-state index in [0.717, 1.165) is 22.3 Å². The molecule has 4 rings (SSSR count). The Hall–Kier alpha value is -3.62. The Labute approximate surface area is 248 Å². The van der Waals surface area contributed by atoms with Gasteiger partial charge in [0.1, 0.15) is 30.5 Å². The molecular formula is C36H40O6. The molecule has 0 fully saturated rings. The molecule has 0 saturated heterocycles. The first-order valence-corrected chi connectivity index (χ1v) is 14.2. The number of rotatable bonds is 18. The Kier molecular flexibility index (Phi) is 12.9. The number of aliphatic hydroxyl groups excluding tert-OH is 2. The van der Waals surface area contributed by atoms with Gasteiger partial charge in [0.2, 0.25) is 0 Å². The van der Waals surface area contributed by atoms with Gasteiger partial charge >= 0.3 is 0 Å². The van der Waals surface area contributed by atoms with Gasteiger partial charge in [-0.2, -0.15) is 0 Å². The second kappa shape index (κ2) is 17.4. The van der Waals surface area contributed by atoms with Gasteiger partial charge in [0.05, 0.1) is 33.0 Å². The molecule has 4 aromatic rings. The van der Waals surface area contributed by atoms with Gasteiger partial charge in [-0.25, -0.2) is 0 Å². The van der Waals surface area contributed by atoms with E-state index in [9.17, 15) is 10.2 Å². The van der Waals surface area contributed by atoms with Crippen molar-refractivity contribution in [1.29, 1.82) is 0 Å². The first-order chi connectivity index (χ1) is 20.6. The van der Waals surface area contributed by atoms with Gasteiger partial charge in [0, 0.05) is 0 Å². The van der Waals surface area contributed by atoms with E-state index in [2.05, 4.69) is 6.58 Å². The highest BCUT2D eigenvalue weighted by molar-refractivity contribution is 5.16. The minimum atomic E-state index is -1.09. The number of hydrogen-bond donors (Lipinski definition) is 2. The fourth-order valence-electron chi connectivity index (χ4n) is 4.59. The molecule has 0 unspecified atom stereocenters. The van der Waals surface area contributed by atoms with E-state index in [1.807, 2.05) is 121 Å². The van der Waals surface area contributed by atoms with Crippen molar-refractivity contribution in [2.45, 2.75) is 56.9 Å². The topological polar surface area (TPSA) is 77.4 Å². The van der Waals surface area contributed by atoms with Gasteiger partial charge < -0.3 is 29.2 Å². The maximum Gasteiger partial charge on any atom is 0.116 e. The SMILES string of the molecule is C=C[C@@H](O)[C@H](OCc1ccccc1)[C@@H](OCc1ccccc1)[C@@H](OCc1ccccc1)[C@H](O)COCc1ccccc1. The molecule has 2 N–H and O–H groups in total. The average Bonchev–Trinajstić information content (AvgIpc) is 3.05. The Morgan fingerprint density at radius 3 is 1.26 bits per heavy atom. The third-order valence-corrected chi connectivity index (χ3v) is 6.86. The van der Waals surface area contributed by atoms with Gasteiger partial charge in [-0.3, -0.25) is 0 Å². The molecule has 0 bridgehead atoms. The van der Waals surface area contributed by atoms with Crippen molar-refractivity contribution in [2.75, 3.05) is 6.61 Å². The molecule has 6 heteroatoms. The lowest BCUT2D eigenvalue weighted by atomic mass is 9.98. The van der Waals surface area contributed by atoms with Crippen molar-refractivity contribution in [3.63, 3.8) is 0 Å². The van der Waals surface area contributed by atoms with Crippen LogP contribution in [-0.2, 0) is 45.4 Å². The molecular weight excluding hydrogens is 528 g/mol. The van der Waals surface area contributed by atoms with Gasteiger partial charge in [0.15, 0.2) is 0 Å². The van der Waals surface area contributed by atoms with E-state index >= 15 is 0 Å². The van der Waals surface area contributed by atoms with Crippen molar-refractivity contribution in [3.05, 3.63) is 156 Å². The summed E-state index contributed by atoms with van der Waals surface area (Å²) in [4.78, 5) is 0. The summed E-state index contributed by atoms with van der Waals surface area (Å²) in [7, 11) is 0. The maximum atomic E-state index is 11.5. The van der Waals surface area contributed by atoms with Crippen LogP contribution in [0.1, 0.15) is 22.3 Å². The van der Waals surface area contributed by atoms with Crippen LogP contribution in [0.2, 0.25) is 0 Å². The van der Waals surface area contributed by atoms with Gasteiger partial charge in [-0.15, -0.1) is 6.58 Å². The van der Waals surface area contributed by atoms with Gasteiger partial charge in [0.25, 0.3) is 0 Å². The molecule has 0 aliphatic rings. The lowest BCUT2D eigenvalue weighted by Crippen LogP contribution is -2.53. The van der Waals surface area contributed by atoms with Crippen LogP contribution in [0.4, 0.5) is 0 Å². The van der Waals surface area contributed by atoms with Crippen LogP contribution in [0.25, 0.3) is 0 Å². The highest BCUT2D eigenvalue weighted by Gasteiger charge is 2.40. The summed E-state index contributed by atoms with van der Waals surface area (Å²) < 4.78 is 25.1. The summed E-state index contributed by atoms with van der Waals surface area (Å²) in [6.07, 6.45) is -3.43. The van der Waals surface area contributed by atoms with Crippen LogP contribution in [0, 0.1) is 0 Å². The average molecular weight is 569 g/mol. The Bertz CT molecular complexity index is 1270. The van der Waals surface area contributed by atoms with E-state index in [0.29, 0.717) is 6.61 Å². The predicted molar refractivity (Wildman–Crippen MR) is 163 cm³/mol. The third kappa shape index (κ3) is 10.0. The molecule has 6 nitrogen and oxygen atoms in total. The molecule has 0 saturated carbocycles. The Morgan fingerprint density at radius 1 is 0.500 bits per heavy atom. The molecule has 0 aliphatic carbocycles. The lowest BCUT2D eigenvalue weighted by molar-refractivity contribution is -0.201. The molecule has 5 atom stereocenters. The van der Waals surface area contributed by atoms with Crippen molar-refractivity contribution in [3.8, 4) is 0 Å². The van der Waals surface area contributed by atoms with Gasteiger partial charge in [-0.1, -0.05) is 127 Å². The zero-order chi connectivity index (χ0) is 29.4. The molecule has 0 amide bonds. The van der Waals surface area contributed by atoms with Crippen molar-refractivity contribution in [1.82, 2.24) is 0 Å². The number of hydrogen-bond acceptors (Lipinski definition) is 6. The number of benzene rings is 4. The molecule has 0 heterocycles. The smallest absolute Gasteiger partial charge is 0.116 e. The fourth-order valence-corrected chi connectivity index (χ4v) is 4.59. The highest BCUT2D eigenvalue weighted by atomic mass is 16.6. The normalized spacial score (nSPS) is 14.9. The van der Waals surface area contributed by atoms with Crippen LogP contribution in [0.15, 0.2) is 134 Å². The summed E-state index contributed by atoms with van der Waals surface area (Å²) in [6.45, 7) is 4.81. The Balaban J connectivity index is 1.59. The van der Waals surface area contributed by atoms with E-state index < -0.39 is 30.5 Å². The predicted octanol–water partition coefficient (Wildman–Crippen LogP) is 5.87. The minimum Gasteiger partial charge on any atom is -0.388 e. The van der Waals surface area contributed by atoms with Crippen molar-refractivity contribution in [2.24, 2.45) is 0 Å². The molecule has 0 spiro atoms. The zero-order valence-electron chi connectivity index (χ0n) is 23.8. The lowest BCUT2D eigenvalue weighted by Gasteiger charge is -2.37. The van der Waals surface area contributed by atoms with Crippen LogP contribution in [-0.4, -0.2) is 47.3 Å². The fraction of sp³-hybridized carbons (Fsp3) is 0.278. The zero-order valence-corrected chi connectivity index (χ0v) is 23.8. The van der Waals surface area contributed by atoms with Crippen LogP contribution in [0.5, 0.6) is 0 Å². The van der Waals surface area contributed by atoms with Crippen LogP contribution >= 0.6 is 0 Å². The molecule has 4 aromatic carbocycles. The standard InChI is InChI=1S/C36H40O6/c1-2-32(37)34(40-24-29-17-9-4-10-18-29)36(42-26-31-21-13-6-14-22-31)35(41-25-30-19-11-5-12-20-30)33(38)27-39-23-28-15-7-3-8-16-28/h2-22,32-38H,1,23-27H2/t32-,33-,34+,35+,36-/m1/s1. The summed E-state index contributed by atoms with van der Waals surface area (Å²) in [6, 6.07) is 38.9. The summed E-state index contributed by atoms with van der Waals surface area (Å²) >= 11 is 0. The van der Waals surface area contributed by atoms with E-state index in [4.69, 9.17) is 18.9 Å². The second-order valence-electron chi connectivity index (χ2n) is 10.1. The number of aliphatic hydroxyl groups is 2. The Morgan fingerprint density at radius 2 is 0.857 bits per heavy atom. The first-order valence-electron chi connectivity index (χ1n) is 14.2.